The smallest absolute Gasteiger partial charge is 0.265 e. The van der Waals surface area contributed by atoms with Crippen LogP contribution in [0.2, 0.25) is 5.02 Å². The van der Waals surface area contributed by atoms with Crippen LogP contribution in [-0.2, 0) is 36.1 Å². The molecular weight excluding hydrogens is 626 g/mol. The molecule has 46 heavy (non-hydrogen) atoms. The molecule has 4 atom stereocenters. The maximum absolute atomic E-state index is 13.6. The Morgan fingerprint density at radius 2 is 1.98 bits per heavy atom. The van der Waals surface area contributed by atoms with Crippen LogP contribution in [0.3, 0.4) is 0 Å². The van der Waals surface area contributed by atoms with Crippen molar-refractivity contribution in [2.75, 3.05) is 58.5 Å². The van der Waals surface area contributed by atoms with Gasteiger partial charge in [-0.15, -0.1) is 0 Å². The van der Waals surface area contributed by atoms with E-state index in [9.17, 15) is 13.2 Å². The maximum Gasteiger partial charge on any atom is 0.265 e. The van der Waals surface area contributed by atoms with Gasteiger partial charge in [-0.25, -0.2) is 13.1 Å². The van der Waals surface area contributed by atoms with Crippen molar-refractivity contribution in [2.45, 2.75) is 68.0 Å². The van der Waals surface area contributed by atoms with Gasteiger partial charge in [-0.1, -0.05) is 29.8 Å². The van der Waals surface area contributed by atoms with E-state index in [1.165, 1.54) is 17.2 Å². The summed E-state index contributed by atoms with van der Waals surface area (Å²) in [4.78, 5) is 17.7. The number of ether oxygens (including phenoxy) is 3. The largest absolute Gasteiger partial charge is 0.490 e. The number of sulfonamides is 1. The minimum absolute atomic E-state index is 0.0119. The minimum Gasteiger partial charge on any atom is -0.490 e. The number of nitrogens with one attached hydrogen (secondary N) is 1. The fourth-order valence-corrected chi connectivity index (χ4v) is 8.62. The molecule has 1 spiro atoms. The Bertz CT molecular complexity index is 1590. The number of carbonyl (C=O) groups is 1. The summed E-state index contributed by atoms with van der Waals surface area (Å²) in [7, 11) is -0.117. The summed E-state index contributed by atoms with van der Waals surface area (Å²) in [6.07, 6.45) is 8.87. The summed E-state index contributed by atoms with van der Waals surface area (Å²) in [5.74, 6) is 0.527. The van der Waals surface area contributed by atoms with E-state index >= 15 is 0 Å². The summed E-state index contributed by atoms with van der Waals surface area (Å²) in [5, 5.41) is 0.731. The zero-order chi connectivity index (χ0) is 32.7. The Labute approximate surface area is 278 Å². The molecule has 2 aromatic carbocycles. The third-order valence-corrected chi connectivity index (χ3v) is 11.7. The molecule has 2 aliphatic heterocycles. The first-order valence-corrected chi connectivity index (χ1v) is 18.2. The number of hydrogen-bond acceptors (Lipinski definition) is 8. The van der Waals surface area contributed by atoms with Gasteiger partial charge in [0.1, 0.15) is 11.4 Å². The number of benzene rings is 2. The van der Waals surface area contributed by atoms with Crippen molar-refractivity contribution in [3.63, 3.8) is 0 Å². The fourth-order valence-electron chi connectivity index (χ4n) is 7.31. The van der Waals surface area contributed by atoms with E-state index in [0.717, 1.165) is 55.9 Å². The number of fused-ring (bicyclic) bond motifs is 4. The summed E-state index contributed by atoms with van der Waals surface area (Å²) in [6.45, 7) is 6.59. The first-order chi connectivity index (χ1) is 21.9. The van der Waals surface area contributed by atoms with Crippen LogP contribution in [0.4, 0.5) is 5.69 Å². The van der Waals surface area contributed by atoms with Gasteiger partial charge in [0.2, 0.25) is 0 Å². The van der Waals surface area contributed by atoms with E-state index < -0.39 is 21.5 Å². The van der Waals surface area contributed by atoms with Gasteiger partial charge in [0, 0.05) is 30.1 Å². The lowest BCUT2D eigenvalue weighted by molar-refractivity contribution is -0.139. The Kier molecular flexibility index (Phi) is 9.48. The predicted octanol–water partition coefficient (Wildman–Crippen LogP) is 4.96. The number of aryl methyl sites for hydroxylation is 1. The lowest BCUT2D eigenvalue weighted by Gasteiger charge is -2.46. The van der Waals surface area contributed by atoms with Crippen LogP contribution in [0, 0.1) is 11.8 Å². The lowest BCUT2D eigenvalue weighted by Crippen LogP contribution is -2.50. The second-order valence-electron chi connectivity index (χ2n) is 14.1. The average Bonchev–Trinajstić information content (AvgIpc) is 3.13. The third kappa shape index (κ3) is 6.83. The van der Waals surface area contributed by atoms with Crippen molar-refractivity contribution < 1.29 is 27.4 Å². The molecule has 11 heteroatoms. The highest BCUT2D eigenvalue weighted by Gasteiger charge is 2.45. The molecule has 9 nitrogen and oxygen atoms in total. The maximum atomic E-state index is 13.6. The van der Waals surface area contributed by atoms with Crippen molar-refractivity contribution in [3.8, 4) is 5.75 Å². The van der Waals surface area contributed by atoms with Gasteiger partial charge in [0.05, 0.1) is 36.5 Å². The van der Waals surface area contributed by atoms with Crippen LogP contribution in [-0.4, -0.2) is 84.5 Å². The van der Waals surface area contributed by atoms with E-state index in [2.05, 4.69) is 32.7 Å². The van der Waals surface area contributed by atoms with Crippen molar-refractivity contribution in [2.24, 2.45) is 11.8 Å². The van der Waals surface area contributed by atoms with Crippen molar-refractivity contribution >= 4 is 33.2 Å². The molecule has 1 amide bonds. The molecule has 2 bridgehead atoms. The van der Waals surface area contributed by atoms with E-state index in [0.29, 0.717) is 31.4 Å². The number of rotatable bonds is 4. The Morgan fingerprint density at radius 1 is 1.15 bits per heavy atom. The summed E-state index contributed by atoms with van der Waals surface area (Å²) >= 11 is 6.43. The van der Waals surface area contributed by atoms with Crippen molar-refractivity contribution in [1.29, 1.82) is 0 Å². The molecule has 0 unspecified atom stereocenters. The summed E-state index contributed by atoms with van der Waals surface area (Å²) in [6, 6.07) is 11.1. The van der Waals surface area contributed by atoms with Gasteiger partial charge in [-0.2, -0.15) is 0 Å². The number of anilines is 1. The van der Waals surface area contributed by atoms with Gasteiger partial charge < -0.3 is 24.0 Å². The monoisotopic (exact) mass is 671 g/mol. The SMILES string of the molecule is CN(C)CCO[C@H]1/C=C/COC(C)(C)C(=O)NS(=O)(=O)c2ccc3c(c2)N(C[C@@H]2CC[C@H]21)C[C@@]1(CCCc2cc(Cl)ccc21)CO3. The number of amides is 1. The molecule has 6 rings (SSSR count). The number of hydrogen-bond donors (Lipinski definition) is 1. The highest BCUT2D eigenvalue weighted by atomic mass is 35.5. The second kappa shape index (κ2) is 13.1. The third-order valence-electron chi connectivity index (χ3n) is 10.2. The van der Waals surface area contributed by atoms with Crippen LogP contribution in [0.1, 0.15) is 50.7 Å². The topological polar surface area (TPSA) is 97.4 Å². The van der Waals surface area contributed by atoms with Crippen LogP contribution < -0.4 is 14.4 Å². The summed E-state index contributed by atoms with van der Waals surface area (Å²) < 4.78 is 48.4. The number of nitrogens with zero attached hydrogens (tertiary/aromatic N) is 2. The van der Waals surface area contributed by atoms with E-state index in [1.807, 2.05) is 26.2 Å². The Morgan fingerprint density at radius 3 is 2.74 bits per heavy atom. The predicted molar refractivity (Wildman–Crippen MR) is 179 cm³/mol. The average molecular weight is 672 g/mol. The van der Waals surface area contributed by atoms with E-state index in [4.69, 9.17) is 25.8 Å². The summed E-state index contributed by atoms with van der Waals surface area (Å²) in [5.41, 5.74) is 1.57. The molecule has 0 radical (unpaired) electrons. The van der Waals surface area contributed by atoms with Crippen molar-refractivity contribution in [1.82, 2.24) is 9.62 Å². The number of halogens is 1. The molecular formula is C35H46ClN3O6S. The van der Waals surface area contributed by atoms with Crippen LogP contribution in [0.5, 0.6) is 5.75 Å². The molecule has 2 aromatic rings. The van der Waals surface area contributed by atoms with E-state index in [1.54, 1.807) is 26.0 Å². The normalized spacial score (nSPS) is 29.5. The fraction of sp³-hybridized carbons (Fsp3) is 0.571. The zero-order valence-electron chi connectivity index (χ0n) is 27.3. The highest BCUT2D eigenvalue weighted by molar-refractivity contribution is 7.90. The van der Waals surface area contributed by atoms with Gasteiger partial charge >= 0.3 is 0 Å². The molecule has 1 N–H and O–H groups in total. The standard InChI is InChI=1S/C35H46ClN3O6S/c1-34(2)33(40)37-46(41,42)27-11-14-32-30(20-27)39(22-35(23-44-32)15-5-7-24-19-26(36)10-13-29(24)35)21-25-9-12-28(25)31(8-6-17-45-34)43-18-16-38(3)4/h6,8,10-11,13-14,19-20,25,28,31H,5,7,9,12,15-18,21-23H2,1-4H3,(H,37,40)/b8-6+/t25-,28+,31-,35-/m0/s1. The van der Waals surface area contributed by atoms with E-state index in [-0.39, 0.29) is 28.9 Å². The molecule has 0 aromatic heterocycles. The Hall–Kier alpha value is -2.63. The first kappa shape index (κ1) is 33.3. The zero-order valence-corrected chi connectivity index (χ0v) is 28.8. The van der Waals surface area contributed by atoms with Crippen LogP contribution in [0.15, 0.2) is 53.4 Å². The van der Waals surface area contributed by atoms with Crippen LogP contribution in [0.25, 0.3) is 0 Å². The highest BCUT2D eigenvalue weighted by Crippen LogP contribution is 2.47. The molecule has 2 heterocycles. The van der Waals surface area contributed by atoms with Crippen LogP contribution >= 0.6 is 11.6 Å². The van der Waals surface area contributed by atoms with Gasteiger partial charge in [0.25, 0.3) is 15.9 Å². The minimum atomic E-state index is -4.18. The van der Waals surface area contributed by atoms with Gasteiger partial charge in [-0.05, 0) is 113 Å². The second-order valence-corrected chi connectivity index (χ2v) is 16.2. The molecule has 1 fully saturated rings. The molecule has 1 saturated carbocycles. The van der Waals surface area contributed by atoms with Crippen molar-refractivity contribution in [3.05, 3.63) is 64.7 Å². The van der Waals surface area contributed by atoms with Gasteiger partial charge in [-0.3, -0.25) is 4.79 Å². The number of likely N-dealkylation sites (N-methyl/N-ethyl adjacent to an activating group) is 1. The molecule has 0 saturated heterocycles. The first-order valence-electron chi connectivity index (χ1n) is 16.3. The molecule has 4 aliphatic rings. The molecule has 250 valence electrons. The van der Waals surface area contributed by atoms with Gasteiger partial charge in [0.15, 0.2) is 0 Å². The Balaban J connectivity index is 1.41. The number of carbonyl (C=O) groups excluding carboxylic acids is 1. The molecule has 2 aliphatic carbocycles. The quantitative estimate of drug-likeness (QED) is 0.456. The lowest BCUT2D eigenvalue weighted by atomic mass is 9.68.